The maximum Gasteiger partial charge on any atom is 0.257 e. The van der Waals surface area contributed by atoms with Crippen molar-refractivity contribution in [2.24, 2.45) is 0 Å². The molecule has 1 N–H and O–H groups in total. The predicted octanol–water partition coefficient (Wildman–Crippen LogP) is 3.75. The van der Waals surface area contributed by atoms with Gasteiger partial charge in [0.2, 0.25) is 10.9 Å². The number of aromatic nitrogens is 2. The van der Waals surface area contributed by atoms with E-state index in [1.807, 2.05) is 31.2 Å². The molecule has 3 rings (SSSR count). The highest BCUT2D eigenvalue weighted by Gasteiger charge is 2.18. The lowest BCUT2D eigenvalue weighted by Gasteiger charge is -2.13. The summed E-state index contributed by atoms with van der Waals surface area (Å²) in [6.45, 7) is 2.49. The number of aryl methyl sites for hydroxylation is 1. The molecule has 0 spiro atoms. The average molecular weight is 429 g/mol. The molecule has 0 unspecified atom stereocenters. The first-order valence-corrected chi connectivity index (χ1v) is 9.99. The normalized spacial score (nSPS) is 10.4. The minimum atomic E-state index is -0.354. The molecule has 9 heteroatoms. The van der Waals surface area contributed by atoms with Gasteiger partial charge in [0, 0.05) is 12.0 Å². The number of hydrogen-bond acceptors (Lipinski definition) is 8. The van der Waals surface area contributed by atoms with Crippen LogP contribution in [0.3, 0.4) is 0 Å². The molecular weight excluding hydrogens is 406 g/mol. The molecule has 0 aliphatic carbocycles. The highest BCUT2D eigenvalue weighted by Crippen LogP contribution is 2.38. The third-order valence-electron chi connectivity index (χ3n) is 4.19. The summed E-state index contributed by atoms with van der Waals surface area (Å²) in [7, 11) is 4.50. The summed E-state index contributed by atoms with van der Waals surface area (Å²) < 4.78 is 21.6. The van der Waals surface area contributed by atoms with E-state index in [1.54, 1.807) is 12.1 Å². The number of carbonyl (C=O) groups excluding carboxylic acids is 1. The maximum atomic E-state index is 12.6. The van der Waals surface area contributed by atoms with E-state index in [9.17, 15) is 4.79 Å². The van der Waals surface area contributed by atoms with Crippen LogP contribution in [0.15, 0.2) is 36.4 Å². The number of anilines is 1. The molecule has 3 aromatic rings. The fourth-order valence-corrected chi connectivity index (χ4v) is 3.46. The van der Waals surface area contributed by atoms with Gasteiger partial charge in [-0.05, 0) is 36.8 Å². The Balaban J connectivity index is 1.62. The summed E-state index contributed by atoms with van der Waals surface area (Å²) in [6.07, 6.45) is 0.589. The Labute approximate surface area is 178 Å². The smallest absolute Gasteiger partial charge is 0.257 e. The number of ether oxygens (including phenoxy) is 4. The molecule has 0 atom stereocenters. The van der Waals surface area contributed by atoms with Crippen LogP contribution >= 0.6 is 11.3 Å². The summed E-state index contributed by atoms with van der Waals surface area (Å²) in [4.78, 5) is 12.6. The molecule has 2 aromatic carbocycles. The van der Waals surface area contributed by atoms with Crippen molar-refractivity contribution in [2.75, 3.05) is 33.3 Å². The summed E-state index contributed by atoms with van der Waals surface area (Å²) in [5, 5.41) is 12.1. The molecule has 30 heavy (non-hydrogen) atoms. The Morgan fingerprint density at radius 3 is 2.40 bits per heavy atom. The second kappa shape index (κ2) is 9.93. The Morgan fingerprint density at radius 1 is 1.03 bits per heavy atom. The van der Waals surface area contributed by atoms with Gasteiger partial charge in [-0.2, -0.15) is 0 Å². The van der Waals surface area contributed by atoms with Crippen LogP contribution in [0.4, 0.5) is 5.13 Å². The van der Waals surface area contributed by atoms with Crippen LogP contribution in [0.5, 0.6) is 23.0 Å². The van der Waals surface area contributed by atoms with Gasteiger partial charge < -0.3 is 18.9 Å². The average Bonchev–Trinajstić information content (AvgIpc) is 3.19. The topological polar surface area (TPSA) is 91.8 Å². The molecule has 158 valence electrons. The lowest BCUT2D eigenvalue weighted by atomic mass is 10.1. The van der Waals surface area contributed by atoms with Gasteiger partial charge in [0.15, 0.2) is 11.5 Å². The van der Waals surface area contributed by atoms with Crippen LogP contribution in [0.1, 0.15) is 20.9 Å². The summed E-state index contributed by atoms with van der Waals surface area (Å²) in [5.41, 5.74) is 1.49. The molecule has 1 heterocycles. The number of methoxy groups -OCH3 is 3. The van der Waals surface area contributed by atoms with Gasteiger partial charge in [-0.15, -0.1) is 10.2 Å². The van der Waals surface area contributed by atoms with E-state index >= 15 is 0 Å². The van der Waals surface area contributed by atoms with Crippen molar-refractivity contribution < 1.29 is 23.7 Å². The van der Waals surface area contributed by atoms with E-state index in [2.05, 4.69) is 15.5 Å². The second-order valence-electron chi connectivity index (χ2n) is 6.28. The fourth-order valence-electron chi connectivity index (χ4n) is 2.75. The van der Waals surface area contributed by atoms with Gasteiger partial charge in [-0.3, -0.25) is 10.1 Å². The zero-order valence-electron chi connectivity index (χ0n) is 17.2. The SMILES string of the molecule is COc1cc(C(=O)Nc2nnc(CCOc3cccc(C)c3)s2)cc(OC)c1OC. The third-order valence-corrected chi connectivity index (χ3v) is 5.09. The minimum Gasteiger partial charge on any atom is -0.493 e. The van der Waals surface area contributed by atoms with Crippen molar-refractivity contribution in [1.29, 1.82) is 0 Å². The van der Waals surface area contributed by atoms with Gasteiger partial charge >= 0.3 is 0 Å². The third kappa shape index (κ3) is 5.18. The first-order valence-electron chi connectivity index (χ1n) is 9.17. The number of carbonyl (C=O) groups is 1. The van der Waals surface area contributed by atoms with Crippen LogP contribution < -0.4 is 24.3 Å². The first kappa shape index (κ1) is 21.4. The fraction of sp³-hybridized carbons (Fsp3) is 0.286. The van der Waals surface area contributed by atoms with Crippen LogP contribution in [0.25, 0.3) is 0 Å². The number of hydrogen-bond donors (Lipinski definition) is 1. The lowest BCUT2D eigenvalue weighted by Crippen LogP contribution is -2.12. The minimum absolute atomic E-state index is 0.351. The van der Waals surface area contributed by atoms with E-state index in [1.165, 1.54) is 32.7 Å². The van der Waals surface area contributed by atoms with Crippen LogP contribution in [0, 0.1) is 6.92 Å². The van der Waals surface area contributed by atoms with Gasteiger partial charge in [0.05, 0.1) is 27.9 Å². The maximum absolute atomic E-state index is 12.6. The molecule has 0 fully saturated rings. The summed E-state index contributed by atoms with van der Waals surface area (Å²) >= 11 is 1.30. The van der Waals surface area contributed by atoms with Crippen LogP contribution in [-0.4, -0.2) is 44.0 Å². The zero-order valence-corrected chi connectivity index (χ0v) is 18.0. The highest BCUT2D eigenvalue weighted by molar-refractivity contribution is 7.15. The molecule has 1 aromatic heterocycles. The highest BCUT2D eigenvalue weighted by atomic mass is 32.1. The molecular formula is C21H23N3O5S. The zero-order chi connectivity index (χ0) is 21.5. The quantitative estimate of drug-likeness (QED) is 0.554. The van der Waals surface area contributed by atoms with Crippen molar-refractivity contribution in [3.8, 4) is 23.0 Å². The van der Waals surface area contributed by atoms with Crippen molar-refractivity contribution in [3.63, 3.8) is 0 Å². The number of nitrogens with zero attached hydrogens (tertiary/aromatic N) is 2. The van der Waals surface area contributed by atoms with Crippen molar-refractivity contribution in [2.45, 2.75) is 13.3 Å². The lowest BCUT2D eigenvalue weighted by molar-refractivity contribution is 0.102. The molecule has 0 aliphatic heterocycles. The van der Waals surface area contributed by atoms with Crippen LogP contribution in [0.2, 0.25) is 0 Å². The van der Waals surface area contributed by atoms with Crippen molar-refractivity contribution in [1.82, 2.24) is 10.2 Å². The van der Waals surface area contributed by atoms with E-state index in [0.717, 1.165) is 16.3 Å². The van der Waals surface area contributed by atoms with E-state index < -0.39 is 0 Å². The molecule has 0 bridgehead atoms. The van der Waals surface area contributed by atoms with Gasteiger partial charge in [-0.1, -0.05) is 23.5 Å². The van der Waals surface area contributed by atoms with Crippen molar-refractivity contribution in [3.05, 3.63) is 52.5 Å². The molecule has 1 amide bonds. The number of amides is 1. The Hall–Kier alpha value is -3.33. The molecule has 0 saturated carbocycles. The van der Waals surface area contributed by atoms with E-state index in [0.29, 0.717) is 41.0 Å². The van der Waals surface area contributed by atoms with Gasteiger partial charge in [-0.25, -0.2) is 0 Å². The largest absolute Gasteiger partial charge is 0.493 e. The Bertz CT molecular complexity index is 996. The molecule has 8 nitrogen and oxygen atoms in total. The second-order valence-corrected chi connectivity index (χ2v) is 7.35. The van der Waals surface area contributed by atoms with Gasteiger partial charge in [0.25, 0.3) is 5.91 Å². The first-order chi connectivity index (χ1) is 14.5. The number of rotatable bonds is 9. The summed E-state index contributed by atoms with van der Waals surface area (Å²) in [5.74, 6) is 1.67. The van der Waals surface area contributed by atoms with Crippen molar-refractivity contribution >= 4 is 22.4 Å². The monoisotopic (exact) mass is 429 g/mol. The summed E-state index contributed by atoms with van der Waals surface area (Å²) in [6, 6.07) is 11.0. The Morgan fingerprint density at radius 2 is 1.77 bits per heavy atom. The van der Waals surface area contributed by atoms with Gasteiger partial charge in [0.1, 0.15) is 10.8 Å². The Kier molecular flexibility index (Phi) is 7.08. The van der Waals surface area contributed by atoms with E-state index in [-0.39, 0.29) is 5.91 Å². The predicted molar refractivity (Wildman–Crippen MR) is 114 cm³/mol. The number of nitrogens with one attached hydrogen (secondary N) is 1. The standard InChI is InChI=1S/C21H23N3O5S/c1-13-6-5-7-15(10-13)29-9-8-18-23-24-21(30-18)22-20(25)14-11-16(26-2)19(28-4)17(12-14)27-3/h5-7,10-12H,8-9H2,1-4H3,(H,22,24,25). The van der Waals surface area contributed by atoms with E-state index in [4.69, 9.17) is 18.9 Å². The molecule has 0 radical (unpaired) electrons. The molecule has 0 saturated heterocycles. The number of benzene rings is 2. The molecule has 0 aliphatic rings. The van der Waals surface area contributed by atoms with Crippen LogP contribution in [-0.2, 0) is 6.42 Å².